The minimum Gasteiger partial charge on any atom is -0.337 e. The van der Waals surface area contributed by atoms with Crippen molar-refractivity contribution < 1.29 is 4.79 Å². The molecule has 0 fully saturated rings. The van der Waals surface area contributed by atoms with E-state index < -0.39 is 0 Å². The molecule has 2 nitrogen and oxygen atoms in total. The second-order valence-corrected chi connectivity index (χ2v) is 3.59. The molecule has 1 N–H and O–H groups in total. The second kappa shape index (κ2) is 3.59. The maximum Gasteiger partial charge on any atom is 0.158 e. The van der Waals surface area contributed by atoms with E-state index in [1.54, 1.807) is 6.08 Å². The van der Waals surface area contributed by atoms with E-state index in [0.29, 0.717) is 0 Å². The van der Waals surface area contributed by atoms with E-state index in [2.05, 4.69) is 4.98 Å². The molecule has 1 heterocycles. The van der Waals surface area contributed by atoms with Crippen LogP contribution in [0.2, 0.25) is 0 Å². The van der Waals surface area contributed by atoms with Crippen molar-refractivity contribution in [2.45, 2.75) is 6.92 Å². The first kappa shape index (κ1) is 8.36. The third-order valence-electron chi connectivity index (χ3n) is 1.04. The monoisotopic (exact) mass is 185 g/mol. The molecule has 0 bridgehead atoms. The first-order chi connectivity index (χ1) is 5.18. The smallest absolute Gasteiger partial charge is 0.158 e. The summed E-state index contributed by atoms with van der Waals surface area (Å²) in [5, 5.41) is 1.88. The number of ketones is 1. The summed E-state index contributed by atoms with van der Waals surface area (Å²) in [5.74, 6) is 0.0375. The highest BCUT2D eigenvalue weighted by Gasteiger charge is 1.88. The average molecular weight is 185 g/mol. The maximum absolute atomic E-state index is 10.5. The Balaban J connectivity index is 2.79. The molecule has 1 aromatic heterocycles. The van der Waals surface area contributed by atoms with Crippen LogP contribution in [0, 0.1) is 3.95 Å². The molecular formula is C7H7NOS2. The summed E-state index contributed by atoms with van der Waals surface area (Å²) in [7, 11) is 0. The molecule has 58 valence electrons. The Morgan fingerprint density at radius 2 is 2.55 bits per heavy atom. The van der Waals surface area contributed by atoms with Gasteiger partial charge in [0.2, 0.25) is 0 Å². The van der Waals surface area contributed by atoms with Crippen LogP contribution in [0.4, 0.5) is 0 Å². The fraction of sp³-hybridized carbons (Fsp3) is 0.143. The fourth-order valence-electron chi connectivity index (χ4n) is 0.582. The molecule has 1 aromatic rings. The van der Waals surface area contributed by atoms with Gasteiger partial charge in [-0.05, 0) is 31.3 Å². The Morgan fingerprint density at radius 3 is 3.00 bits per heavy atom. The molecule has 0 unspecified atom stereocenters. The van der Waals surface area contributed by atoms with Crippen LogP contribution in [-0.2, 0) is 4.79 Å². The van der Waals surface area contributed by atoms with Crippen molar-refractivity contribution >= 4 is 35.4 Å². The number of allylic oxidation sites excluding steroid dienone is 1. The highest BCUT2D eigenvalue weighted by atomic mass is 32.1. The number of carbonyl (C=O) groups is 1. The highest BCUT2D eigenvalue weighted by molar-refractivity contribution is 7.73. The molecule has 0 aliphatic rings. The van der Waals surface area contributed by atoms with Gasteiger partial charge in [0.05, 0.1) is 0 Å². The van der Waals surface area contributed by atoms with Gasteiger partial charge >= 0.3 is 0 Å². The summed E-state index contributed by atoms with van der Waals surface area (Å²) in [6.45, 7) is 1.51. The third kappa shape index (κ3) is 2.78. The SMILES string of the molecule is CC(=O)C=Cc1csc(=S)[nH]1. The van der Waals surface area contributed by atoms with Crippen molar-refractivity contribution in [2.24, 2.45) is 0 Å². The molecule has 11 heavy (non-hydrogen) atoms. The van der Waals surface area contributed by atoms with Gasteiger partial charge in [0, 0.05) is 11.1 Å². The molecule has 0 atom stereocenters. The number of aromatic nitrogens is 1. The molecule has 0 amide bonds. The molecule has 0 saturated heterocycles. The number of nitrogens with one attached hydrogen (secondary N) is 1. The lowest BCUT2D eigenvalue weighted by atomic mass is 10.3. The molecule has 1 rings (SSSR count). The Hall–Kier alpha value is -0.740. The lowest BCUT2D eigenvalue weighted by Crippen LogP contribution is -1.79. The Bertz CT molecular complexity index is 334. The predicted molar refractivity (Wildman–Crippen MR) is 49.2 cm³/mol. The topological polar surface area (TPSA) is 32.9 Å². The van der Waals surface area contributed by atoms with Gasteiger partial charge in [-0.25, -0.2) is 0 Å². The first-order valence-corrected chi connectivity index (χ1v) is 4.34. The maximum atomic E-state index is 10.5. The van der Waals surface area contributed by atoms with E-state index in [0.717, 1.165) is 9.65 Å². The van der Waals surface area contributed by atoms with E-state index >= 15 is 0 Å². The Labute approximate surface area is 73.6 Å². The van der Waals surface area contributed by atoms with E-state index in [4.69, 9.17) is 12.2 Å². The van der Waals surface area contributed by atoms with Crippen LogP contribution in [0.3, 0.4) is 0 Å². The summed E-state index contributed by atoms with van der Waals surface area (Å²) in [4.78, 5) is 13.4. The van der Waals surface area contributed by atoms with Crippen LogP contribution < -0.4 is 0 Å². The van der Waals surface area contributed by atoms with E-state index in [-0.39, 0.29) is 5.78 Å². The number of hydrogen-bond donors (Lipinski definition) is 1. The summed E-state index contributed by atoms with van der Waals surface area (Å²) in [5.41, 5.74) is 0.884. The number of H-pyrrole nitrogens is 1. The zero-order valence-electron chi connectivity index (χ0n) is 5.96. The molecular weight excluding hydrogens is 178 g/mol. The van der Waals surface area contributed by atoms with Gasteiger partial charge in [0.1, 0.15) is 0 Å². The van der Waals surface area contributed by atoms with Crippen LogP contribution >= 0.6 is 23.6 Å². The molecule has 0 aliphatic heterocycles. The third-order valence-corrected chi connectivity index (χ3v) is 2.12. The standard InChI is InChI=1S/C7H7NOS2/c1-5(9)2-3-6-4-11-7(10)8-6/h2-4H,1H3,(H,8,10). The Morgan fingerprint density at radius 1 is 1.82 bits per heavy atom. The number of hydrogen-bond acceptors (Lipinski definition) is 3. The summed E-state index contributed by atoms with van der Waals surface area (Å²) < 4.78 is 0.730. The van der Waals surface area contributed by atoms with Gasteiger partial charge in [-0.15, -0.1) is 11.3 Å². The van der Waals surface area contributed by atoms with Crippen molar-refractivity contribution in [2.75, 3.05) is 0 Å². The van der Waals surface area contributed by atoms with E-state index in [9.17, 15) is 4.79 Å². The lowest BCUT2D eigenvalue weighted by Gasteiger charge is -1.80. The van der Waals surface area contributed by atoms with Crippen LogP contribution in [0.1, 0.15) is 12.6 Å². The molecule has 0 spiro atoms. The van der Waals surface area contributed by atoms with Gasteiger partial charge in [0.15, 0.2) is 9.74 Å². The van der Waals surface area contributed by atoms with Crippen molar-refractivity contribution in [1.29, 1.82) is 0 Å². The van der Waals surface area contributed by atoms with Crippen molar-refractivity contribution in [1.82, 2.24) is 4.98 Å². The highest BCUT2D eigenvalue weighted by Crippen LogP contribution is 2.05. The molecule has 0 saturated carbocycles. The quantitative estimate of drug-likeness (QED) is 0.567. The Kier molecular flexibility index (Phi) is 2.73. The zero-order valence-corrected chi connectivity index (χ0v) is 7.59. The van der Waals surface area contributed by atoms with Crippen LogP contribution in [0.15, 0.2) is 11.5 Å². The average Bonchev–Trinajstić information content (AvgIpc) is 2.31. The first-order valence-electron chi connectivity index (χ1n) is 3.05. The predicted octanol–water partition coefficient (Wildman–Crippen LogP) is 2.41. The fourth-order valence-corrected chi connectivity index (χ4v) is 1.39. The number of rotatable bonds is 2. The van der Waals surface area contributed by atoms with E-state index in [1.807, 2.05) is 5.38 Å². The number of aromatic amines is 1. The minimum atomic E-state index is 0.0375. The largest absolute Gasteiger partial charge is 0.337 e. The van der Waals surface area contributed by atoms with Gasteiger partial charge in [-0.1, -0.05) is 0 Å². The van der Waals surface area contributed by atoms with Crippen LogP contribution in [-0.4, -0.2) is 10.8 Å². The van der Waals surface area contributed by atoms with Gasteiger partial charge in [-0.2, -0.15) is 0 Å². The summed E-state index contributed by atoms with van der Waals surface area (Å²) in [6.07, 6.45) is 3.22. The number of carbonyl (C=O) groups excluding carboxylic acids is 1. The molecule has 0 aromatic carbocycles. The second-order valence-electron chi connectivity index (χ2n) is 2.05. The zero-order chi connectivity index (χ0) is 8.27. The number of thiazole rings is 1. The molecule has 0 aliphatic carbocycles. The summed E-state index contributed by atoms with van der Waals surface area (Å²) >= 11 is 6.31. The lowest BCUT2D eigenvalue weighted by molar-refractivity contribution is -0.112. The van der Waals surface area contributed by atoms with Crippen molar-refractivity contribution in [3.05, 3.63) is 21.1 Å². The molecule has 0 radical (unpaired) electrons. The van der Waals surface area contributed by atoms with Crippen molar-refractivity contribution in [3.8, 4) is 0 Å². The van der Waals surface area contributed by atoms with E-state index in [1.165, 1.54) is 24.3 Å². The molecule has 4 heteroatoms. The van der Waals surface area contributed by atoms with Gasteiger partial charge in [-0.3, -0.25) is 4.79 Å². The van der Waals surface area contributed by atoms with Gasteiger partial charge in [0.25, 0.3) is 0 Å². The van der Waals surface area contributed by atoms with Crippen LogP contribution in [0.5, 0.6) is 0 Å². The normalized spacial score (nSPS) is 10.6. The summed E-state index contributed by atoms with van der Waals surface area (Å²) in [6, 6.07) is 0. The minimum absolute atomic E-state index is 0.0375. The van der Waals surface area contributed by atoms with Gasteiger partial charge < -0.3 is 4.98 Å². The van der Waals surface area contributed by atoms with Crippen molar-refractivity contribution in [3.63, 3.8) is 0 Å². The van der Waals surface area contributed by atoms with Crippen LogP contribution in [0.25, 0.3) is 6.08 Å².